The van der Waals surface area contributed by atoms with Gasteiger partial charge in [0.2, 0.25) is 5.91 Å². The molecule has 14 heteroatoms. The maximum absolute atomic E-state index is 13.4. The highest BCUT2D eigenvalue weighted by atomic mass is 16.7. The van der Waals surface area contributed by atoms with Crippen molar-refractivity contribution >= 4 is 5.91 Å². The van der Waals surface area contributed by atoms with Crippen LogP contribution in [0.3, 0.4) is 0 Å². The van der Waals surface area contributed by atoms with Crippen LogP contribution >= 0.6 is 0 Å². The first-order valence-electron chi connectivity index (χ1n) is 39.6. The van der Waals surface area contributed by atoms with Crippen LogP contribution in [-0.4, -0.2) is 140 Å². The summed E-state index contributed by atoms with van der Waals surface area (Å²) in [5.41, 5.74) is 0. The largest absolute Gasteiger partial charge is 0.394 e. The zero-order valence-electron chi connectivity index (χ0n) is 59.6. The average Bonchev–Trinajstić information content (AvgIpc) is 0.865. The second-order valence-electron chi connectivity index (χ2n) is 28.2. The first-order valence-corrected chi connectivity index (χ1v) is 39.6. The zero-order chi connectivity index (χ0) is 66.6. The molecular weight excluding hydrogens is 1160 g/mol. The summed E-state index contributed by atoms with van der Waals surface area (Å²) in [5, 5.41) is 87.6. The molecule has 0 aliphatic carbocycles. The minimum absolute atomic E-state index is 0.232. The smallest absolute Gasteiger partial charge is 0.220 e. The maximum Gasteiger partial charge on any atom is 0.220 e. The van der Waals surface area contributed by atoms with Gasteiger partial charge in [0.1, 0.15) is 48.8 Å². The maximum atomic E-state index is 13.4. The Labute approximate surface area is 564 Å². The quantitative estimate of drug-likeness (QED) is 0.0204. The van der Waals surface area contributed by atoms with Gasteiger partial charge in [-0.2, -0.15) is 0 Å². The number of carbonyl (C=O) groups excluding carboxylic acids is 1. The fourth-order valence-corrected chi connectivity index (χ4v) is 13.4. The Kier molecular flexibility index (Phi) is 59.2. The topological polar surface area (TPSA) is 228 Å². The number of hydrogen-bond acceptors (Lipinski definition) is 13. The van der Waals surface area contributed by atoms with Crippen LogP contribution in [-0.2, 0) is 23.7 Å². The van der Waals surface area contributed by atoms with Crippen LogP contribution < -0.4 is 5.32 Å². The lowest BCUT2D eigenvalue weighted by Gasteiger charge is -2.46. The number of allylic oxidation sites excluding steroid dienone is 3. The molecule has 2 fully saturated rings. The van der Waals surface area contributed by atoms with Crippen LogP contribution in [0.1, 0.15) is 373 Å². The molecular formula is C78H149NO13. The number of unbranched alkanes of at least 4 members (excludes halogenated alkanes) is 52. The van der Waals surface area contributed by atoms with Crippen molar-refractivity contribution in [2.45, 2.75) is 447 Å². The molecule has 9 N–H and O–H groups in total. The van der Waals surface area contributed by atoms with E-state index in [1.807, 2.05) is 6.08 Å². The highest BCUT2D eigenvalue weighted by Crippen LogP contribution is 2.30. The molecule has 2 saturated heterocycles. The molecule has 14 nitrogen and oxygen atoms in total. The second kappa shape index (κ2) is 63.0. The van der Waals surface area contributed by atoms with Crippen LogP contribution in [0.25, 0.3) is 0 Å². The Morgan fingerprint density at radius 1 is 0.380 bits per heavy atom. The van der Waals surface area contributed by atoms with Crippen molar-refractivity contribution in [1.82, 2.24) is 5.32 Å². The zero-order valence-corrected chi connectivity index (χ0v) is 59.6. The molecule has 1 amide bonds. The van der Waals surface area contributed by atoms with E-state index in [0.717, 1.165) is 38.5 Å². The van der Waals surface area contributed by atoms with Gasteiger partial charge in [-0.05, 0) is 44.9 Å². The van der Waals surface area contributed by atoms with E-state index in [9.17, 15) is 45.6 Å². The molecule has 0 bridgehead atoms. The number of aliphatic hydroxyl groups excluding tert-OH is 8. The van der Waals surface area contributed by atoms with E-state index in [2.05, 4.69) is 31.3 Å². The molecule has 0 aromatic heterocycles. The molecule has 544 valence electrons. The van der Waals surface area contributed by atoms with E-state index in [1.165, 1.54) is 308 Å². The van der Waals surface area contributed by atoms with Gasteiger partial charge < -0.3 is 65.1 Å². The van der Waals surface area contributed by atoms with Crippen molar-refractivity contribution in [2.24, 2.45) is 0 Å². The third-order valence-electron chi connectivity index (χ3n) is 19.6. The van der Waals surface area contributed by atoms with Gasteiger partial charge in [-0.15, -0.1) is 0 Å². The molecule has 0 spiro atoms. The Balaban J connectivity index is 1.62. The number of rotatable bonds is 67. The van der Waals surface area contributed by atoms with E-state index in [-0.39, 0.29) is 18.9 Å². The second-order valence-corrected chi connectivity index (χ2v) is 28.2. The fourth-order valence-electron chi connectivity index (χ4n) is 13.4. The predicted molar refractivity (Wildman–Crippen MR) is 378 cm³/mol. The molecule has 12 atom stereocenters. The number of amides is 1. The Bertz CT molecular complexity index is 1640. The van der Waals surface area contributed by atoms with E-state index in [1.54, 1.807) is 6.08 Å². The molecule has 0 aromatic carbocycles. The van der Waals surface area contributed by atoms with Gasteiger partial charge in [0.25, 0.3) is 0 Å². The number of hydrogen-bond donors (Lipinski definition) is 9. The van der Waals surface area contributed by atoms with Gasteiger partial charge in [-0.25, -0.2) is 0 Å². The van der Waals surface area contributed by atoms with Crippen molar-refractivity contribution in [3.05, 3.63) is 24.3 Å². The highest BCUT2D eigenvalue weighted by Gasteiger charge is 2.51. The number of nitrogens with one attached hydrogen (secondary N) is 1. The van der Waals surface area contributed by atoms with Crippen LogP contribution in [0.5, 0.6) is 0 Å². The van der Waals surface area contributed by atoms with Crippen molar-refractivity contribution in [3.63, 3.8) is 0 Å². The minimum atomic E-state index is -1.79. The molecule has 0 radical (unpaired) electrons. The van der Waals surface area contributed by atoms with Crippen LogP contribution in [0.2, 0.25) is 0 Å². The molecule has 2 aliphatic rings. The van der Waals surface area contributed by atoms with Gasteiger partial charge in [0, 0.05) is 6.42 Å². The van der Waals surface area contributed by atoms with Crippen molar-refractivity contribution in [1.29, 1.82) is 0 Å². The summed E-state index contributed by atoms with van der Waals surface area (Å²) >= 11 is 0. The van der Waals surface area contributed by atoms with Crippen molar-refractivity contribution < 1.29 is 64.6 Å². The van der Waals surface area contributed by atoms with E-state index < -0.39 is 86.8 Å². The summed E-state index contributed by atoms with van der Waals surface area (Å²) in [7, 11) is 0. The average molecular weight is 1310 g/mol. The monoisotopic (exact) mass is 1310 g/mol. The number of aliphatic hydroxyl groups is 8. The Hall–Kier alpha value is -1.53. The van der Waals surface area contributed by atoms with Gasteiger partial charge in [-0.1, -0.05) is 346 Å². The van der Waals surface area contributed by atoms with Crippen LogP contribution in [0, 0.1) is 0 Å². The van der Waals surface area contributed by atoms with Gasteiger partial charge in [0.15, 0.2) is 12.6 Å². The molecule has 2 heterocycles. The predicted octanol–water partition coefficient (Wildman–Crippen LogP) is 17.5. The Morgan fingerprint density at radius 3 is 1.03 bits per heavy atom. The number of ether oxygens (including phenoxy) is 4. The SMILES string of the molecule is CCCCCCCCCC/C=C\CCCCCCCCCCCCCCCC(=O)NC(COC1OC(CO)C(OC2OC(CO)C(O)C(O)C2O)C(O)C1O)C(O)/C=C/CCCCCCCCCCCCCCCCCCCCCCCCCCCCCCCCC. The van der Waals surface area contributed by atoms with Gasteiger partial charge >= 0.3 is 0 Å². The normalized spacial score (nSPS) is 22.7. The molecule has 2 rings (SSSR count). The summed E-state index contributed by atoms with van der Waals surface area (Å²) in [6.07, 6.45) is 64.0. The molecule has 92 heavy (non-hydrogen) atoms. The summed E-state index contributed by atoms with van der Waals surface area (Å²) in [6.45, 7) is 2.87. The van der Waals surface area contributed by atoms with E-state index in [4.69, 9.17) is 18.9 Å². The summed E-state index contributed by atoms with van der Waals surface area (Å²) in [4.78, 5) is 13.4. The van der Waals surface area contributed by atoms with Gasteiger partial charge in [-0.3, -0.25) is 4.79 Å². The first-order chi connectivity index (χ1) is 45.1. The Morgan fingerprint density at radius 2 is 0.685 bits per heavy atom. The molecule has 0 saturated carbocycles. The molecule has 0 aromatic rings. The lowest BCUT2D eigenvalue weighted by atomic mass is 9.97. The van der Waals surface area contributed by atoms with Crippen LogP contribution in [0.15, 0.2) is 24.3 Å². The standard InChI is InChI=1S/C78H149NO13/c1-3-5-7-9-11-13-15-17-19-21-23-25-27-29-30-31-32-33-34-35-36-38-39-41-43-45-47-49-51-53-55-57-59-61-67(82)66(65-89-77-75(88)73(86)76(69(64-81)91-77)92-78-74(87)72(85)71(84)68(63-80)90-78)79-70(83)62-60-58-56-54-52-50-48-46-44-42-40-37-28-26-24-22-20-18-16-14-12-10-8-6-4-2/h22,24,59,61,66-69,71-78,80-82,84-88H,3-21,23,25-58,60,62-65H2,1-2H3,(H,79,83)/b24-22-,61-59+. The van der Waals surface area contributed by atoms with E-state index >= 15 is 0 Å². The third kappa shape index (κ3) is 45.9. The first kappa shape index (κ1) is 86.6. The van der Waals surface area contributed by atoms with Gasteiger partial charge in [0.05, 0.1) is 32.0 Å². The van der Waals surface area contributed by atoms with E-state index in [0.29, 0.717) is 6.42 Å². The molecule has 12 unspecified atom stereocenters. The van der Waals surface area contributed by atoms with Crippen molar-refractivity contribution in [2.75, 3.05) is 19.8 Å². The lowest BCUT2D eigenvalue weighted by molar-refractivity contribution is -0.359. The van der Waals surface area contributed by atoms with Crippen molar-refractivity contribution in [3.8, 4) is 0 Å². The highest BCUT2D eigenvalue weighted by molar-refractivity contribution is 5.76. The summed E-state index contributed by atoms with van der Waals surface area (Å²) in [5.74, 6) is -0.232. The number of carbonyl (C=O) groups is 1. The lowest BCUT2D eigenvalue weighted by Crippen LogP contribution is -2.65. The van der Waals surface area contributed by atoms with Crippen LogP contribution in [0.4, 0.5) is 0 Å². The fraction of sp³-hybridized carbons (Fsp3) is 0.936. The summed E-state index contributed by atoms with van der Waals surface area (Å²) in [6, 6.07) is -0.915. The molecule has 2 aliphatic heterocycles. The summed E-state index contributed by atoms with van der Waals surface area (Å²) < 4.78 is 22.9. The third-order valence-corrected chi connectivity index (χ3v) is 19.6. The minimum Gasteiger partial charge on any atom is -0.394 e.